The van der Waals surface area contributed by atoms with E-state index in [1.165, 1.54) is 28.4 Å². The predicted octanol–water partition coefficient (Wildman–Crippen LogP) is 13.2. The van der Waals surface area contributed by atoms with Crippen LogP contribution in [0.5, 0.6) is 23.0 Å². The van der Waals surface area contributed by atoms with Crippen molar-refractivity contribution in [1.29, 1.82) is 0 Å². The number of carbonyl (C=O) groups excluding carboxylic acids is 8. The molecule has 16 nitrogen and oxygen atoms in total. The second-order valence-electron chi connectivity index (χ2n) is 21.4. The Morgan fingerprint density at radius 2 is 0.464 bits per heavy atom. The lowest BCUT2D eigenvalue weighted by Crippen LogP contribution is -2.16. The molecule has 5 rings (SSSR count). The predicted molar refractivity (Wildman–Crippen MR) is 319 cm³/mol. The van der Waals surface area contributed by atoms with Crippen molar-refractivity contribution in [3.05, 3.63) is 115 Å². The highest BCUT2D eigenvalue weighted by atomic mass is 16.5. The molecule has 1 aliphatic rings. The van der Waals surface area contributed by atoms with Crippen molar-refractivity contribution in [2.45, 2.75) is 182 Å². The summed E-state index contributed by atoms with van der Waals surface area (Å²) in [4.78, 5) is 109. The fourth-order valence-corrected chi connectivity index (χ4v) is 10.3. The Labute approximate surface area is 496 Å². The normalized spacial score (nSPS) is 11.7. The van der Waals surface area contributed by atoms with Crippen LogP contribution in [-0.4, -0.2) is 102 Å². The molecule has 0 atom stereocenters. The van der Waals surface area contributed by atoms with Gasteiger partial charge in [0.2, 0.25) is 0 Å². The van der Waals surface area contributed by atoms with E-state index < -0.39 is 23.9 Å². The van der Waals surface area contributed by atoms with Gasteiger partial charge in [-0.25, -0.2) is 0 Å². The van der Waals surface area contributed by atoms with Crippen LogP contribution in [0.3, 0.4) is 0 Å². The van der Waals surface area contributed by atoms with E-state index in [1.807, 2.05) is 0 Å². The molecule has 84 heavy (non-hydrogen) atoms. The van der Waals surface area contributed by atoms with E-state index in [0.29, 0.717) is 115 Å². The minimum Gasteiger partial charge on any atom is -0.492 e. The van der Waals surface area contributed by atoms with Crippen LogP contribution in [0.2, 0.25) is 0 Å². The Morgan fingerprint density at radius 3 is 0.619 bits per heavy atom. The van der Waals surface area contributed by atoms with Crippen molar-refractivity contribution in [1.82, 2.24) is 0 Å². The van der Waals surface area contributed by atoms with Gasteiger partial charge >= 0.3 is 23.9 Å². The maximum Gasteiger partial charge on any atom is 0.308 e. The molecule has 0 aromatic heterocycles. The Balaban J connectivity index is 2.04. The minimum absolute atomic E-state index is 0.000651. The van der Waals surface area contributed by atoms with Crippen LogP contribution in [0.25, 0.3) is 0 Å². The maximum atomic E-state index is 14.6. The van der Waals surface area contributed by atoms with Gasteiger partial charge in [-0.3, -0.25) is 38.4 Å². The summed E-state index contributed by atoms with van der Waals surface area (Å²) in [5.41, 5.74) is 5.63. The molecule has 0 unspecified atom stereocenters. The van der Waals surface area contributed by atoms with Gasteiger partial charge in [-0.1, -0.05) is 79.1 Å². The first-order chi connectivity index (χ1) is 40.6. The smallest absolute Gasteiger partial charge is 0.308 e. The van der Waals surface area contributed by atoms with Crippen molar-refractivity contribution >= 4 is 47.0 Å². The summed E-state index contributed by atoms with van der Waals surface area (Å²) in [6.45, 7) is 7.73. The molecule has 0 saturated carbocycles. The average molecular weight is 1160 g/mol. The van der Waals surface area contributed by atoms with Crippen LogP contribution in [0.15, 0.2) is 48.5 Å². The van der Waals surface area contributed by atoms with Crippen LogP contribution in [0, 0.1) is 0 Å². The molecule has 16 heteroatoms. The third kappa shape index (κ3) is 20.5. The van der Waals surface area contributed by atoms with Crippen molar-refractivity contribution in [2.24, 2.45) is 0 Å². The minimum atomic E-state index is -0.515. The standard InChI is InChI=1S/C68H88O16/c1-9-13-17-21-57(69)45-33-49-41-51-35-46(58(70)22-18-14-10-2)37-53(66(51)82-30-26-62(74)78-6)43-55-39-48(60(72)24-20-16-12-4)40-56(68(55)84-32-28-64(76)80-8)44-54-38-47(59(71)23-19-15-11-3)36-52(67(54)83-31-27-63(75)79-7)42-50(34-45)65(49)81-29-25-61(73)77-5/h33-40H,9-32,41-44H2,1-8H3. The lowest BCUT2D eigenvalue weighted by atomic mass is 9.86. The summed E-state index contributed by atoms with van der Waals surface area (Å²) < 4.78 is 47.1. The number of carbonyl (C=O) groups is 8. The van der Waals surface area contributed by atoms with Gasteiger partial charge in [0, 0.05) is 73.6 Å². The third-order valence-corrected chi connectivity index (χ3v) is 14.9. The Hall–Kier alpha value is -7.36. The Morgan fingerprint density at radius 1 is 0.286 bits per heavy atom. The molecular weight excluding hydrogens is 1070 g/mol. The zero-order chi connectivity index (χ0) is 61.0. The molecule has 1 aliphatic carbocycles. The first-order valence-corrected chi connectivity index (χ1v) is 30.2. The molecule has 456 valence electrons. The van der Waals surface area contributed by atoms with Gasteiger partial charge in [0.15, 0.2) is 23.1 Å². The number of ether oxygens (including phenoxy) is 8. The largest absolute Gasteiger partial charge is 0.492 e. The molecule has 0 spiro atoms. The molecule has 0 heterocycles. The van der Waals surface area contributed by atoms with Crippen molar-refractivity contribution in [2.75, 3.05) is 54.9 Å². The fraction of sp³-hybridized carbons (Fsp3) is 0.529. The highest BCUT2D eigenvalue weighted by Gasteiger charge is 2.28. The first-order valence-electron chi connectivity index (χ1n) is 30.2. The molecule has 4 aromatic carbocycles. The van der Waals surface area contributed by atoms with Gasteiger partial charge in [0.25, 0.3) is 0 Å². The number of esters is 4. The van der Waals surface area contributed by atoms with Crippen LogP contribution >= 0.6 is 0 Å². The van der Waals surface area contributed by atoms with Crippen molar-refractivity contribution in [3.63, 3.8) is 0 Å². The SMILES string of the molecule is CCCCCC(=O)c1cc2c(OCCC(=O)OC)c(c1)Cc1cc(C(=O)CCCCC)cc(c1OCCC(=O)OC)Cc1cc(C(=O)CCCCC)cc(c1OCCC(=O)OC)Cc1cc(C(=O)CCCCC)cc(c1OCCC(=O)OC)C2. The van der Waals surface area contributed by atoms with Gasteiger partial charge in [0.1, 0.15) is 23.0 Å². The number of unbranched alkanes of at least 4 members (excludes halogenated alkanes) is 8. The molecule has 0 amide bonds. The molecule has 0 saturated heterocycles. The number of hydrogen-bond donors (Lipinski definition) is 0. The second-order valence-corrected chi connectivity index (χ2v) is 21.4. The van der Waals surface area contributed by atoms with E-state index in [4.69, 9.17) is 37.9 Å². The summed E-state index contributed by atoms with van der Waals surface area (Å²) in [7, 11) is 5.16. The van der Waals surface area contributed by atoms with Crippen LogP contribution < -0.4 is 18.9 Å². The number of benzene rings is 4. The Bertz CT molecular complexity index is 2430. The quantitative estimate of drug-likeness (QED) is 0.0158. The summed E-state index contributed by atoms with van der Waals surface area (Å²) in [5.74, 6) is -1.22. The molecule has 4 aromatic rings. The highest BCUT2D eigenvalue weighted by Crippen LogP contribution is 2.42. The maximum absolute atomic E-state index is 14.6. The number of rotatable bonds is 36. The average Bonchev–Trinajstić information content (AvgIpc) is 2.88. The van der Waals surface area contributed by atoms with Crippen molar-refractivity contribution < 1.29 is 76.3 Å². The molecular formula is C68H88O16. The third-order valence-electron chi connectivity index (χ3n) is 14.9. The van der Waals surface area contributed by atoms with E-state index in [9.17, 15) is 38.4 Å². The van der Waals surface area contributed by atoms with E-state index in [0.717, 1.165) is 51.4 Å². The van der Waals surface area contributed by atoms with Crippen LogP contribution in [-0.2, 0) is 63.8 Å². The zero-order valence-electron chi connectivity index (χ0n) is 50.9. The number of ketones is 4. The number of methoxy groups -OCH3 is 4. The molecule has 0 aliphatic heterocycles. The topological polar surface area (TPSA) is 210 Å². The lowest BCUT2D eigenvalue weighted by Gasteiger charge is -2.24. The van der Waals surface area contributed by atoms with Gasteiger partial charge in [0.05, 0.1) is 80.6 Å². The summed E-state index contributed by atoms with van der Waals surface area (Å²) in [5, 5.41) is 0. The Kier molecular flexibility index (Phi) is 28.7. The van der Waals surface area contributed by atoms with Gasteiger partial charge in [-0.15, -0.1) is 0 Å². The van der Waals surface area contributed by atoms with Crippen molar-refractivity contribution in [3.8, 4) is 23.0 Å². The van der Waals surface area contributed by atoms with E-state index in [-0.39, 0.29) is 127 Å². The number of Topliss-reactive ketones (excluding diaryl/α,β-unsaturated/α-hetero) is 4. The van der Waals surface area contributed by atoms with Crippen LogP contribution in [0.4, 0.5) is 0 Å². The lowest BCUT2D eigenvalue weighted by molar-refractivity contribution is -0.142. The summed E-state index contributed by atoms with van der Waals surface area (Å²) in [6, 6.07) is 14.2. The second kappa shape index (κ2) is 35.7. The molecule has 8 bridgehead atoms. The van der Waals surface area contributed by atoms with Gasteiger partial charge in [-0.05, 0) is 119 Å². The van der Waals surface area contributed by atoms with Crippen LogP contribution in [0.1, 0.15) is 242 Å². The molecule has 0 N–H and O–H groups in total. The number of hydrogen-bond acceptors (Lipinski definition) is 16. The van der Waals surface area contributed by atoms with Gasteiger partial charge < -0.3 is 37.9 Å². The number of fused-ring (bicyclic) bond motifs is 8. The monoisotopic (exact) mass is 1160 g/mol. The first kappa shape index (κ1) is 67.4. The zero-order valence-corrected chi connectivity index (χ0v) is 50.9. The van der Waals surface area contributed by atoms with E-state index in [1.54, 1.807) is 48.5 Å². The highest BCUT2D eigenvalue weighted by molar-refractivity contribution is 5.99. The van der Waals surface area contributed by atoms with E-state index >= 15 is 0 Å². The van der Waals surface area contributed by atoms with E-state index in [2.05, 4.69) is 27.7 Å². The molecule has 0 radical (unpaired) electrons. The fourth-order valence-electron chi connectivity index (χ4n) is 10.3. The van der Waals surface area contributed by atoms with Gasteiger partial charge in [-0.2, -0.15) is 0 Å². The molecule has 0 fully saturated rings. The summed E-state index contributed by atoms with van der Waals surface area (Å²) >= 11 is 0. The summed E-state index contributed by atoms with van der Waals surface area (Å²) in [6.07, 6.45) is 9.97.